The number of aliphatic carboxylic acids is 1. The minimum absolute atomic E-state index is 0.372. The lowest BCUT2D eigenvalue weighted by atomic mass is 10.1. The highest BCUT2D eigenvalue weighted by atomic mass is 127. The van der Waals surface area contributed by atoms with Crippen molar-refractivity contribution in [1.82, 2.24) is 4.90 Å². The van der Waals surface area contributed by atoms with Crippen LogP contribution in [0, 0.1) is 0 Å². The van der Waals surface area contributed by atoms with Crippen LogP contribution in [0.1, 0.15) is 5.56 Å². The SMILES string of the molecule is O=C(O)[C@H](I)Cc1ccc(NCCN2CCOCC2)cc1. The number of benzene rings is 1. The van der Waals surface area contributed by atoms with Gasteiger partial charge in [0.25, 0.3) is 0 Å². The predicted molar refractivity (Wildman–Crippen MR) is 91.3 cm³/mol. The summed E-state index contributed by atoms with van der Waals surface area (Å²) in [6.45, 7) is 5.59. The first-order valence-corrected chi connectivity index (χ1v) is 8.39. The number of alkyl halides is 1. The topological polar surface area (TPSA) is 61.8 Å². The molecule has 0 amide bonds. The molecule has 0 bridgehead atoms. The molecule has 1 aliphatic rings. The smallest absolute Gasteiger partial charge is 0.316 e. The van der Waals surface area contributed by atoms with Crippen LogP contribution in [0.15, 0.2) is 24.3 Å². The summed E-state index contributed by atoms with van der Waals surface area (Å²) in [5, 5.41) is 12.3. The zero-order chi connectivity index (χ0) is 15.1. The minimum atomic E-state index is -0.761. The Morgan fingerprint density at radius 2 is 2.00 bits per heavy atom. The summed E-state index contributed by atoms with van der Waals surface area (Å²) in [7, 11) is 0. The average Bonchev–Trinajstić information content (AvgIpc) is 2.50. The lowest BCUT2D eigenvalue weighted by molar-refractivity contribution is -0.135. The quantitative estimate of drug-likeness (QED) is 0.537. The van der Waals surface area contributed by atoms with Gasteiger partial charge < -0.3 is 15.2 Å². The van der Waals surface area contributed by atoms with Crippen molar-refractivity contribution in [1.29, 1.82) is 0 Å². The van der Waals surface area contributed by atoms with Crippen LogP contribution >= 0.6 is 22.6 Å². The third-order valence-electron chi connectivity index (χ3n) is 3.50. The van der Waals surface area contributed by atoms with Gasteiger partial charge in [-0.15, -0.1) is 0 Å². The highest BCUT2D eigenvalue weighted by molar-refractivity contribution is 14.1. The van der Waals surface area contributed by atoms with Gasteiger partial charge in [0.15, 0.2) is 0 Å². The summed E-state index contributed by atoms with van der Waals surface area (Å²) < 4.78 is 4.95. The number of hydrogen-bond donors (Lipinski definition) is 2. The lowest BCUT2D eigenvalue weighted by Crippen LogP contribution is -2.38. The number of halogens is 1. The number of nitrogens with zero attached hydrogens (tertiary/aromatic N) is 1. The van der Waals surface area contributed by atoms with E-state index in [2.05, 4.69) is 10.2 Å². The van der Waals surface area contributed by atoms with Gasteiger partial charge >= 0.3 is 5.97 Å². The second-order valence-electron chi connectivity index (χ2n) is 5.09. The van der Waals surface area contributed by atoms with Crippen molar-refractivity contribution < 1.29 is 14.6 Å². The molecule has 116 valence electrons. The zero-order valence-corrected chi connectivity index (χ0v) is 14.1. The molecule has 2 rings (SSSR count). The molecule has 0 spiro atoms. The monoisotopic (exact) mass is 404 g/mol. The Hall–Kier alpha value is -0.860. The summed E-state index contributed by atoms with van der Waals surface area (Å²) in [5.41, 5.74) is 2.13. The lowest BCUT2D eigenvalue weighted by Gasteiger charge is -2.26. The van der Waals surface area contributed by atoms with Gasteiger partial charge in [-0.05, 0) is 24.1 Å². The van der Waals surface area contributed by atoms with E-state index in [1.54, 1.807) is 0 Å². The van der Waals surface area contributed by atoms with Crippen LogP contribution in [-0.2, 0) is 16.0 Å². The van der Waals surface area contributed by atoms with Crippen molar-refractivity contribution in [3.8, 4) is 0 Å². The molecule has 21 heavy (non-hydrogen) atoms. The molecule has 1 fully saturated rings. The zero-order valence-electron chi connectivity index (χ0n) is 11.9. The Morgan fingerprint density at radius 3 is 2.62 bits per heavy atom. The fourth-order valence-corrected chi connectivity index (χ4v) is 2.74. The molecule has 0 saturated carbocycles. The van der Waals surface area contributed by atoms with Gasteiger partial charge in [-0.3, -0.25) is 9.69 Å². The molecule has 1 aromatic carbocycles. The van der Waals surface area contributed by atoms with E-state index < -0.39 is 5.97 Å². The third-order valence-corrected chi connectivity index (χ3v) is 4.47. The Kier molecular flexibility index (Phi) is 6.72. The van der Waals surface area contributed by atoms with Gasteiger partial charge in [0.2, 0.25) is 0 Å². The highest BCUT2D eigenvalue weighted by Gasteiger charge is 2.13. The minimum Gasteiger partial charge on any atom is -0.480 e. The Bertz CT molecular complexity index is 447. The van der Waals surface area contributed by atoms with Crippen molar-refractivity contribution in [3.05, 3.63) is 29.8 Å². The maximum Gasteiger partial charge on any atom is 0.316 e. The standard InChI is InChI=1S/C15H21IN2O3/c16-14(15(19)20)11-12-1-3-13(4-2-12)17-5-6-18-7-9-21-10-8-18/h1-4,14,17H,5-11H2,(H,19,20)/t14-/m1/s1. The summed E-state index contributed by atoms with van der Waals surface area (Å²) in [6, 6.07) is 8.01. The summed E-state index contributed by atoms with van der Waals surface area (Å²) >= 11 is 1.96. The summed E-state index contributed by atoms with van der Waals surface area (Å²) in [4.78, 5) is 13.2. The van der Waals surface area contributed by atoms with E-state index in [9.17, 15) is 4.79 Å². The van der Waals surface area contributed by atoms with Crippen molar-refractivity contribution in [2.75, 3.05) is 44.7 Å². The van der Waals surface area contributed by atoms with Crippen LogP contribution in [-0.4, -0.2) is 59.3 Å². The van der Waals surface area contributed by atoms with Crippen LogP contribution < -0.4 is 5.32 Å². The van der Waals surface area contributed by atoms with Gasteiger partial charge in [-0.25, -0.2) is 0 Å². The number of carbonyl (C=O) groups is 1. The van der Waals surface area contributed by atoms with Crippen LogP contribution in [0.3, 0.4) is 0 Å². The number of morpholine rings is 1. The van der Waals surface area contributed by atoms with E-state index in [4.69, 9.17) is 9.84 Å². The first kappa shape index (κ1) is 16.5. The van der Waals surface area contributed by atoms with Crippen LogP contribution in [0.4, 0.5) is 5.69 Å². The molecule has 0 aromatic heterocycles. The van der Waals surface area contributed by atoms with Crippen molar-refractivity contribution in [3.63, 3.8) is 0 Å². The van der Waals surface area contributed by atoms with Gasteiger partial charge in [0.1, 0.15) is 3.92 Å². The van der Waals surface area contributed by atoms with E-state index in [1.807, 2.05) is 46.9 Å². The Balaban J connectivity index is 1.73. The third kappa shape index (κ3) is 5.80. The van der Waals surface area contributed by atoms with Crippen LogP contribution in [0.2, 0.25) is 0 Å². The van der Waals surface area contributed by atoms with E-state index in [0.717, 1.165) is 50.6 Å². The average molecular weight is 404 g/mol. The number of carboxylic acids is 1. The van der Waals surface area contributed by atoms with E-state index in [-0.39, 0.29) is 3.92 Å². The summed E-state index contributed by atoms with van der Waals surface area (Å²) in [5.74, 6) is -0.761. The van der Waals surface area contributed by atoms with Crippen LogP contribution in [0.25, 0.3) is 0 Å². The molecule has 1 aliphatic heterocycles. The number of hydrogen-bond acceptors (Lipinski definition) is 4. The number of nitrogens with one attached hydrogen (secondary N) is 1. The van der Waals surface area contributed by atoms with Gasteiger partial charge in [-0.2, -0.15) is 0 Å². The molecule has 1 aromatic rings. The second kappa shape index (κ2) is 8.55. The first-order chi connectivity index (χ1) is 10.1. The fraction of sp³-hybridized carbons (Fsp3) is 0.533. The fourth-order valence-electron chi connectivity index (χ4n) is 2.24. The second-order valence-corrected chi connectivity index (χ2v) is 6.59. The van der Waals surface area contributed by atoms with Crippen LogP contribution in [0.5, 0.6) is 0 Å². The van der Waals surface area contributed by atoms with Gasteiger partial charge in [-0.1, -0.05) is 34.7 Å². The van der Waals surface area contributed by atoms with Crippen molar-refractivity contribution in [2.45, 2.75) is 10.3 Å². The van der Waals surface area contributed by atoms with Crippen molar-refractivity contribution >= 4 is 34.2 Å². The van der Waals surface area contributed by atoms with E-state index >= 15 is 0 Å². The molecule has 0 unspecified atom stereocenters. The van der Waals surface area contributed by atoms with E-state index in [1.165, 1.54) is 0 Å². The van der Waals surface area contributed by atoms with Gasteiger partial charge in [0, 0.05) is 31.9 Å². The molecule has 5 nitrogen and oxygen atoms in total. The Labute approximate surface area is 138 Å². The maximum atomic E-state index is 10.8. The molecule has 1 saturated heterocycles. The molecule has 1 heterocycles. The normalized spacial score (nSPS) is 17.4. The number of anilines is 1. The molecule has 2 N–H and O–H groups in total. The van der Waals surface area contributed by atoms with Crippen molar-refractivity contribution in [2.24, 2.45) is 0 Å². The first-order valence-electron chi connectivity index (χ1n) is 7.15. The summed E-state index contributed by atoms with van der Waals surface area (Å²) in [6.07, 6.45) is 0.559. The molecular weight excluding hydrogens is 383 g/mol. The molecule has 1 atom stereocenters. The predicted octanol–water partition coefficient (Wildman–Crippen LogP) is 1.86. The molecule has 6 heteroatoms. The highest BCUT2D eigenvalue weighted by Crippen LogP contribution is 2.14. The number of carboxylic acid groups (broad SMARTS) is 1. The maximum absolute atomic E-state index is 10.8. The number of rotatable bonds is 7. The largest absolute Gasteiger partial charge is 0.480 e. The Morgan fingerprint density at radius 1 is 1.33 bits per heavy atom. The van der Waals surface area contributed by atoms with Gasteiger partial charge in [0.05, 0.1) is 13.2 Å². The molecule has 0 aliphatic carbocycles. The number of ether oxygens (including phenoxy) is 1. The molecule has 0 radical (unpaired) electrons. The van der Waals surface area contributed by atoms with E-state index in [0.29, 0.717) is 6.42 Å². The molecular formula is C15H21IN2O3.